The number of halogens is 1. The number of nitrogens with one attached hydrogen (secondary N) is 1. The standard InChI is InChI=1S/C25H26ClN3O5/c1-2-33-24(31)25(14-21(25)23(30)28-32)13-17-5-9-20(10-6-17)34-16-22-27-11-12-29(22)15-18-3-7-19(26)8-4-18/h3-12,21,32H,2,13-16H2,1H3,(H,28,30)/t21-,25+/m1/s1. The predicted molar refractivity (Wildman–Crippen MR) is 124 cm³/mol. The number of rotatable bonds is 10. The number of carbonyl (C=O) groups excluding carboxylic acids is 2. The number of hydroxylamine groups is 1. The molecule has 178 valence electrons. The number of amides is 1. The number of ether oxygens (including phenoxy) is 2. The van der Waals surface area contributed by atoms with Crippen LogP contribution in [0.3, 0.4) is 0 Å². The van der Waals surface area contributed by atoms with E-state index < -0.39 is 23.2 Å². The lowest BCUT2D eigenvalue weighted by Crippen LogP contribution is -2.30. The van der Waals surface area contributed by atoms with Gasteiger partial charge in [0.25, 0.3) is 0 Å². The molecule has 1 heterocycles. The monoisotopic (exact) mass is 483 g/mol. The third-order valence-corrected chi connectivity index (χ3v) is 6.31. The van der Waals surface area contributed by atoms with Crippen molar-refractivity contribution in [3.63, 3.8) is 0 Å². The van der Waals surface area contributed by atoms with Gasteiger partial charge in [-0.25, -0.2) is 10.5 Å². The van der Waals surface area contributed by atoms with E-state index >= 15 is 0 Å². The first-order valence-electron chi connectivity index (χ1n) is 11.0. The second-order valence-electron chi connectivity index (χ2n) is 8.32. The van der Waals surface area contributed by atoms with Crippen molar-refractivity contribution in [1.82, 2.24) is 15.0 Å². The molecule has 1 aliphatic carbocycles. The Morgan fingerprint density at radius 1 is 1.18 bits per heavy atom. The van der Waals surface area contributed by atoms with Crippen LogP contribution in [0.1, 0.15) is 30.3 Å². The van der Waals surface area contributed by atoms with Gasteiger partial charge in [0.15, 0.2) is 0 Å². The smallest absolute Gasteiger partial charge is 0.313 e. The summed E-state index contributed by atoms with van der Waals surface area (Å²) in [4.78, 5) is 28.8. The van der Waals surface area contributed by atoms with Crippen LogP contribution in [0.25, 0.3) is 0 Å². The number of hydrogen-bond donors (Lipinski definition) is 2. The second kappa shape index (κ2) is 10.3. The lowest BCUT2D eigenvalue weighted by molar-refractivity contribution is -0.152. The van der Waals surface area contributed by atoms with Crippen LogP contribution in [0.4, 0.5) is 0 Å². The van der Waals surface area contributed by atoms with Crippen LogP contribution in [-0.2, 0) is 33.9 Å². The maximum Gasteiger partial charge on any atom is 0.313 e. The number of benzene rings is 2. The average molecular weight is 484 g/mol. The molecular weight excluding hydrogens is 458 g/mol. The topological polar surface area (TPSA) is 103 Å². The number of carbonyl (C=O) groups is 2. The minimum atomic E-state index is -0.947. The number of esters is 1. The molecule has 0 unspecified atom stereocenters. The Balaban J connectivity index is 1.37. The van der Waals surface area contributed by atoms with Gasteiger partial charge in [-0.05, 0) is 55.2 Å². The molecule has 2 aromatic carbocycles. The molecule has 2 N–H and O–H groups in total. The lowest BCUT2D eigenvalue weighted by atomic mass is 9.93. The van der Waals surface area contributed by atoms with E-state index in [1.54, 1.807) is 18.6 Å². The fourth-order valence-electron chi connectivity index (χ4n) is 4.12. The van der Waals surface area contributed by atoms with Gasteiger partial charge in [-0.2, -0.15) is 0 Å². The second-order valence-corrected chi connectivity index (χ2v) is 8.75. The van der Waals surface area contributed by atoms with Gasteiger partial charge in [-0.3, -0.25) is 14.8 Å². The van der Waals surface area contributed by atoms with Gasteiger partial charge in [0, 0.05) is 24.0 Å². The fourth-order valence-corrected chi connectivity index (χ4v) is 4.25. The highest BCUT2D eigenvalue weighted by molar-refractivity contribution is 6.30. The Kier molecular flexibility index (Phi) is 7.19. The highest BCUT2D eigenvalue weighted by Gasteiger charge is 2.64. The van der Waals surface area contributed by atoms with E-state index in [-0.39, 0.29) is 6.61 Å². The summed E-state index contributed by atoms with van der Waals surface area (Å²) in [5.74, 6) is -0.142. The van der Waals surface area contributed by atoms with Crippen molar-refractivity contribution in [2.75, 3.05) is 6.61 Å². The molecule has 1 amide bonds. The minimum Gasteiger partial charge on any atom is -0.486 e. The van der Waals surface area contributed by atoms with E-state index in [1.807, 2.05) is 59.3 Å². The van der Waals surface area contributed by atoms with Crippen LogP contribution in [0.15, 0.2) is 60.9 Å². The van der Waals surface area contributed by atoms with Crippen LogP contribution in [-0.4, -0.2) is 33.2 Å². The third-order valence-electron chi connectivity index (χ3n) is 6.06. The summed E-state index contributed by atoms with van der Waals surface area (Å²) in [6, 6.07) is 15.0. The molecule has 1 aromatic heterocycles. The van der Waals surface area contributed by atoms with Crippen LogP contribution >= 0.6 is 11.6 Å². The fraction of sp³-hybridized carbons (Fsp3) is 0.320. The summed E-state index contributed by atoms with van der Waals surface area (Å²) in [5.41, 5.74) is 2.68. The first-order valence-corrected chi connectivity index (χ1v) is 11.4. The summed E-state index contributed by atoms with van der Waals surface area (Å²) in [7, 11) is 0. The van der Waals surface area contributed by atoms with Crippen LogP contribution < -0.4 is 10.2 Å². The maximum absolute atomic E-state index is 12.5. The van der Waals surface area contributed by atoms with Crippen LogP contribution in [0, 0.1) is 11.3 Å². The predicted octanol–water partition coefficient (Wildman–Crippen LogP) is 3.78. The molecule has 0 radical (unpaired) electrons. The molecule has 0 spiro atoms. The molecule has 4 rings (SSSR count). The molecule has 2 atom stereocenters. The summed E-state index contributed by atoms with van der Waals surface area (Å²) < 4.78 is 13.1. The molecular formula is C25H26ClN3O5. The van der Waals surface area contributed by atoms with Crippen molar-refractivity contribution in [1.29, 1.82) is 0 Å². The number of hydrogen-bond acceptors (Lipinski definition) is 6. The number of imidazole rings is 1. The summed E-state index contributed by atoms with van der Waals surface area (Å²) in [6.45, 7) is 2.91. The van der Waals surface area contributed by atoms with Gasteiger partial charge < -0.3 is 14.0 Å². The van der Waals surface area contributed by atoms with Crippen molar-refractivity contribution < 1.29 is 24.3 Å². The normalized spacial score (nSPS) is 18.9. The van der Waals surface area contributed by atoms with Gasteiger partial charge in [0.1, 0.15) is 18.2 Å². The zero-order valence-corrected chi connectivity index (χ0v) is 19.5. The van der Waals surface area contributed by atoms with Crippen molar-refractivity contribution in [2.45, 2.75) is 32.9 Å². The first-order chi connectivity index (χ1) is 16.4. The van der Waals surface area contributed by atoms with E-state index in [0.29, 0.717) is 36.8 Å². The summed E-state index contributed by atoms with van der Waals surface area (Å²) in [6.07, 6.45) is 4.32. The van der Waals surface area contributed by atoms with Crippen molar-refractivity contribution in [2.24, 2.45) is 11.3 Å². The molecule has 3 aromatic rings. The zero-order valence-electron chi connectivity index (χ0n) is 18.7. The summed E-state index contributed by atoms with van der Waals surface area (Å²) in [5, 5.41) is 9.66. The Hall–Kier alpha value is -3.36. The zero-order chi connectivity index (χ0) is 24.1. The van der Waals surface area contributed by atoms with E-state index in [2.05, 4.69) is 4.98 Å². The van der Waals surface area contributed by atoms with Gasteiger partial charge in [-0.15, -0.1) is 0 Å². The molecule has 0 aliphatic heterocycles. The first kappa shape index (κ1) is 23.8. The molecule has 0 saturated heterocycles. The SMILES string of the molecule is CCOC(=O)[C@@]1(Cc2ccc(OCc3nccn3Cc3ccc(Cl)cc3)cc2)C[C@@H]1C(=O)NO. The average Bonchev–Trinajstić information content (AvgIpc) is 3.41. The van der Waals surface area contributed by atoms with Crippen molar-refractivity contribution in [3.05, 3.63) is 82.9 Å². The molecule has 9 heteroatoms. The number of aromatic nitrogens is 2. The Labute approximate surface area is 202 Å². The molecule has 1 fully saturated rings. The number of nitrogens with zero attached hydrogens (tertiary/aromatic N) is 2. The Bertz CT molecular complexity index is 1150. The minimum absolute atomic E-state index is 0.231. The van der Waals surface area contributed by atoms with Crippen LogP contribution in [0.5, 0.6) is 5.75 Å². The molecule has 34 heavy (non-hydrogen) atoms. The largest absolute Gasteiger partial charge is 0.486 e. The third kappa shape index (κ3) is 5.24. The van der Waals surface area contributed by atoms with Gasteiger partial charge in [-0.1, -0.05) is 35.9 Å². The lowest BCUT2D eigenvalue weighted by Gasteiger charge is -2.16. The van der Waals surface area contributed by atoms with E-state index in [0.717, 1.165) is 17.0 Å². The molecule has 0 bridgehead atoms. The van der Waals surface area contributed by atoms with Gasteiger partial charge >= 0.3 is 5.97 Å². The Morgan fingerprint density at radius 3 is 2.56 bits per heavy atom. The van der Waals surface area contributed by atoms with E-state index in [9.17, 15) is 9.59 Å². The van der Waals surface area contributed by atoms with Gasteiger partial charge in [0.05, 0.1) is 17.9 Å². The van der Waals surface area contributed by atoms with Gasteiger partial charge in [0.2, 0.25) is 5.91 Å². The van der Waals surface area contributed by atoms with Crippen LogP contribution in [0.2, 0.25) is 5.02 Å². The Morgan fingerprint density at radius 2 is 1.88 bits per heavy atom. The highest BCUT2D eigenvalue weighted by atomic mass is 35.5. The molecule has 1 aliphatic rings. The maximum atomic E-state index is 12.5. The summed E-state index contributed by atoms with van der Waals surface area (Å²) >= 11 is 5.96. The highest BCUT2D eigenvalue weighted by Crippen LogP contribution is 2.55. The van der Waals surface area contributed by atoms with Crippen molar-refractivity contribution >= 4 is 23.5 Å². The molecule has 8 nitrogen and oxygen atoms in total. The molecule has 1 saturated carbocycles. The van der Waals surface area contributed by atoms with Crippen molar-refractivity contribution in [3.8, 4) is 5.75 Å². The quantitative estimate of drug-likeness (QED) is 0.258. The van der Waals surface area contributed by atoms with E-state index in [1.165, 1.54) is 0 Å². The van der Waals surface area contributed by atoms with E-state index in [4.69, 9.17) is 26.3 Å².